The quantitative estimate of drug-likeness (QED) is 0.668. The first-order chi connectivity index (χ1) is 14.2. The van der Waals surface area contributed by atoms with Crippen molar-refractivity contribution in [2.75, 3.05) is 0 Å². The molecule has 1 saturated carbocycles. The molecule has 29 heavy (non-hydrogen) atoms. The molecule has 5 nitrogen and oxygen atoms in total. The van der Waals surface area contributed by atoms with Crippen LogP contribution in [0, 0.1) is 0 Å². The van der Waals surface area contributed by atoms with Gasteiger partial charge in [0.2, 0.25) is 11.3 Å². The lowest BCUT2D eigenvalue weighted by Crippen LogP contribution is -2.38. The second kappa shape index (κ2) is 7.47. The van der Waals surface area contributed by atoms with Gasteiger partial charge in [0, 0.05) is 17.8 Å². The maximum Gasteiger partial charge on any atom is 0.225 e. The summed E-state index contributed by atoms with van der Waals surface area (Å²) >= 11 is 0. The lowest BCUT2D eigenvalue weighted by molar-refractivity contribution is -0.135. The Morgan fingerprint density at radius 2 is 1.86 bits per heavy atom. The van der Waals surface area contributed by atoms with Gasteiger partial charge in [0.1, 0.15) is 0 Å². The van der Waals surface area contributed by atoms with E-state index in [9.17, 15) is 9.59 Å². The van der Waals surface area contributed by atoms with Gasteiger partial charge in [-0.3, -0.25) is 14.3 Å². The van der Waals surface area contributed by atoms with Gasteiger partial charge < -0.3 is 4.90 Å². The van der Waals surface area contributed by atoms with Gasteiger partial charge in [-0.15, -0.1) is 0 Å². The van der Waals surface area contributed by atoms with Crippen LogP contribution in [0.1, 0.15) is 49.3 Å². The van der Waals surface area contributed by atoms with Crippen LogP contribution in [0.5, 0.6) is 0 Å². The number of aromatic nitrogens is 2. The van der Waals surface area contributed by atoms with Crippen LogP contribution < -0.4 is 5.43 Å². The topological polar surface area (TPSA) is 55.2 Å². The molecule has 5 rings (SSSR count). The summed E-state index contributed by atoms with van der Waals surface area (Å²) in [7, 11) is 0. The molecule has 0 bridgehead atoms. The van der Waals surface area contributed by atoms with Crippen LogP contribution in [0.4, 0.5) is 0 Å². The number of aryl methyl sites for hydroxylation is 2. The molecule has 0 spiro atoms. The van der Waals surface area contributed by atoms with E-state index in [2.05, 4.69) is 34.3 Å². The molecule has 1 heterocycles. The van der Waals surface area contributed by atoms with E-state index in [4.69, 9.17) is 0 Å². The molecule has 5 heteroatoms. The van der Waals surface area contributed by atoms with Gasteiger partial charge in [-0.1, -0.05) is 36.4 Å². The molecule has 1 fully saturated rings. The second-order valence-electron chi connectivity index (χ2n) is 8.14. The molecule has 1 unspecified atom stereocenters. The summed E-state index contributed by atoms with van der Waals surface area (Å²) in [6, 6.07) is 16.6. The van der Waals surface area contributed by atoms with Crippen LogP contribution in [0.2, 0.25) is 0 Å². The molecule has 0 aliphatic heterocycles. The van der Waals surface area contributed by atoms with Gasteiger partial charge in [0.15, 0.2) is 0 Å². The monoisotopic (exact) mass is 387 g/mol. The third-order valence-corrected chi connectivity index (χ3v) is 6.20. The Morgan fingerprint density at radius 1 is 1.07 bits per heavy atom. The third-order valence-electron chi connectivity index (χ3n) is 6.20. The average Bonchev–Trinajstić information content (AvgIpc) is 3.59. The maximum absolute atomic E-state index is 13.3. The molecule has 0 saturated heterocycles. The summed E-state index contributed by atoms with van der Waals surface area (Å²) in [5, 5.41) is 4.93. The number of carbonyl (C=O) groups excluding carboxylic acids is 1. The number of hydrogen-bond donors (Lipinski definition) is 0. The second-order valence-corrected chi connectivity index (χ2v) is 8.14. The van der Waals surface area contributed by atoms with E-state index in [1.54, 1.807) is 4.68 Å². The summed E-state index contributed by atoms with van der Waals surface area (Å²) in [5.74, 6) is 0.193. The number of hydrogen-bond acceptors (Lipinski definition) is 3. The summed E-state index contributed by atoms with van der Waals surface area (Å²) in [5.41, 5.74) is 3.41. The number of rotatable bonds is 5. The van der Waals surface area contributed by atoms with Crippen LogP contribution >= 0.6 is 0 Å². The molecule has 1 atom stereocenters. The number of benzene rings is 2. The summed E-state index contributed by atoms with van der Waals surface area (Å²) in [6.07, 6.45) is 7.22. The molecule has 3 aromatic rings. The van der Waals surface area contributed by atoms with Crippen molar-refractivity contribution in [2.24, 2.45) is 0 Å². The van der Waals surface area contributed by atoms with E-state index in [-0.39, 0.29) is 17.4 Å². The largest absolute Gasteiger partial charge is 0.333 e. The van der Waals surface area contributed by atoms with Gasteiger partial charge >= 0.3 is 0 Å². The highest BCUT2D eigenvalue weighted by Crippen LogP contribution is 2.41. The Labute approximate surface area is 170 Å². The fourth-order valence-electron chi connectivity index (χ4n) is 4.67. The van der Waals surface area contributed by atoms with Crippen molar-refractivity contribution in [1.82, 2.24) is 14.7 Å². The molecule has 0 N–H and O–H groups in total. The predicted molar refractivity (Wildman–Crippen MR) is 113 cm³/mol. The average molecular weight is 387 g/mol. The fraction of sp³-hybridized carbons (Fsp3) is 0.375. The van der Waals surface area contributed by atoms with Crippen molar-refractivity contribution in [2.45, 2.75) is 57.2 Å². The van der Waals surface area contributed by atoms with Gasteiger partial charge in [-0.2, -0.15) is 5.10 Å². The van der Waals surface area contributed by atoms with E-state index >= 15 is 0 Å². The molecular formula is C24H25N3O2. The van der Waals surface area contributed by atoms with Gasteiger partial charge in [0.25, 0.3) is 0 Å². The van der Waals surface area contributed by atoms with Crippen molar-refractivity contribution >= 4 is 16.8 Å². The number of amides is 1. The van der Waals surface area contributed by atoms with Crippen LogP contribution in [0.3, 0.4) is 0 Å². The van der Waals surface area contributed by atoms with E-state index < -0.39 is 0 Å². The number of fused-ring (bicyclic) bond motifs is 2. The SMILES string of the molecule is O=C(CCn1ncc(=O)c2ccccc21)N(C1CC1)C1CCCc2ccccc21. The van der Waals surface area contributed by atoms with Crippen molar-refractivity contribution in [1.29, 1.82) is 0 Å². The van der Waals surface area contributed by atoms with Crippen molar-refractivity contribution in [3.63, 3.8) is 0 Å². The molecule has 1 amide bonds. The summed E-state index contributed by atoms with van der Waals surface area (Å²) in [6.45, 7) is 0.483. The highest BCUT2D eigenvalue weighted by atomic mass is 16.2. The van der Waals surface area contributed by atoms with Gasteiger partial charge in [0.05, 0.1) is 24.3 Å². The first-order valence-electron chi connectivity index (χ1n) is 10.6. The fourth-order valence-corrected chi connectivity index (χ4v) is 4.67. The van der Waals surface area contributed by atoms with Gasteiger partial charge in [-0.05, 0) is 55.4 Å². The molecule has 2 aliphatic rings. The molecule has 1 aromatic heterocycles. The van der Waals surface area contributed by atoms with Crippen LogP contribution in [-0.4, -0.2) is 26.6 Å². The van der Waals surface area contributed by atoms with Crippen molar-refractivity contribution in [3.8, 4) is 0 Å². The predicted octanol–water partition coefficient (Wildman–Crippen LogP) is 3.86. The van der Waals surface area contributed by atoms with E-state index in [0.717, 1.165) is 37.6 Å². The number of nitrogens with zero attached hydrogens (tertiary/aromatic N) is 3. The highest BCUT2D eigenvalue weighted by molar-refractivity contribution is 5.79. The zero-order valence-corrected chi connectivity index (χ0v) is 16.5. The Balaban J connectivity index is 1.39. The van der Waals surface area contributed by atoms with Crippen molar-refractivity contribution in [3.05, 3.63) is 76.1 Å². The maximum atomic E-state index is 13.3. The zero-order valence-electron chi connectivity index (χ0n) is 16.5. The van der Waals surface area contributed by atoms with E-state index in [1.807, 2.05) is 24.3 Å². The number of carbonyl (C=O) groups is 1. The first-order valence-corrected chi connectivity index (χ1v) is 10.6. The van der Waals surface area contributed by atoms with Crippen LogP contribution in [-0.2, 0) is 17.8 Å². The summed E-state index contributed by atoms with van der Waals surface area (Å²) in [4.78, 5) is 27.5. The van der Waals surface area contributed by atoms with Crippen LogP contribution in [0.25, 0.3) is 10.9 Å². The first kappa shape index (κ1) is 18.1. The third kappa shape index (κ3) is 3.46. The highest BCUT2D eigenvalue weighted by Gasteiger charge is 2.39. The Kier molecular flexibility index (Phi) is 4.66. The number of para-hydroxylation sites is 1. The van der Waals surface area contributed by atoms with E-state index in [1.165, 1.54) is 17.3 Å². The smallest absolute Gasteiger partial charge is 0.225 e. The van der Waals surface area contributed by atoms with E-state index in [0.29, 0.717) is 24.4 Å². The molecule has 0 radical (unpaired) electrons. The normalized spacial score (nSPS) is 18.4. The minimum Gasteiger partial charge on any atom is -0.333 e. The van der Waals surface area contributed by atoms with Gasteiger partial charge in [-0.25, -0.2) is 0 Å². The minimum absolute atomic E-state index is 0.0819. The molecular weight excluding hydrogens is 362 g/mol. The molecule has 148 valence electrons. The lowest BCUT2D eigenvalue weighted by atomic mass is 9.86. The molecule has 2 aliphatic carbocycles. The minimum atomic E-state index is -0.0819. The Bertz CT molecular complexity index is 1120. The van der Waals surface area contributed by atoms with Crippen molar-refractivity contribution < 1.29 is 4.79 Å². The van der Waals surface area contributed by atoms with Crippen LogP contribution in [0.15, 0.2) is 59.5 Å². The zero-order chi connectivity index (χ0) is 19.8. The summed E-state index contributed by atoms with van der Waals surface area (Å²) < 4.78 is 1.79. The lowest BCUT2D eigenvalue weighted by Gasteiger charge is -2.36. The Hall–Kier alpha value is -2.95. The standard InChI is InChI=1S/C24H25N3O2/c28-23-16-25-26(21-10-4-3-9-20(21)23)15-14-24(29)27(18-12-13-18)22-11-5-7-17-6-1-2-8-19(17)22/h1-4,6,8-10,16,18,22H,5,7,11-15H2. The Morgan fingerprint density at radius 3 is 2.72 bits per heavy atom. The molecule has 2 aromatic carbocycles.